The zero-order valence-electron chi connectivity index (χ0n) is 11.8. The largest absolute Gasteiger partial charge is 0.508 e. The first-order valence-electron chi connectivity index (χ1n) is 7.34. The summed E-state index contributed by atoms with van der Waals surface area (Å²) >= 11 is 0. The highest BCUT2D eigenvalue weighted by atomic mass is 16.3. The SMILES string of the molecule is CCCN(c1nccc2ccc(O)cc12)C1CCNC1. The van der Waals surface area contributed by atoms with Gasteiger partial charge in [0, 0.05) is 30.7 Å². The number of fused-ring (bicyclic) bond motifs is 1. The number of benzene rings is 1. The summed E-state index contributed by atoms with van der Waals surface area (Å²) < 4.78 is 0. The van der Waals surface area contributed by atoms with Gasteiger partial charge in [-0.1, -0.05) is 13.0 Å². The van der Waals surface area contributed by atoms with Crippen LogP contribution in [-0.2, 0) is 0 Å². The Hall–Kier alpha value is -1.81. The molecular weight excluding hydrogens is 250 g/mol. The molecule has 1 saturated heterocycles. The lowest BCUT2D eigenvalue weighted by Gasteiger charge is -2.30. The normalized spacial score (nSPS) is 18.6. The topological polar surface area (TPSA) is 48.4 Å². The Morgan fingerprint density at radius 3 is 3.05 bits per heavy atom. The summed E-state index contributed by atoms with van der Waals surface area (Å²) in [6.07, 6.45) is 4.10. The van der Waals surface area contributed by atoms with Gasteiger partial charge < -0.3 is 15.3 Å². The van der Waals surface area contributed by atoms with E-state index in [4.69, 9.17) is 0 Å². The summed E-state index contributed by atoms with van der Waals surface area (Å²) in [4.78, 5) is 6.99. The molecule has 0 radical (unpaired) electrons. The Balaban J connectivity index is 2.07. The van der Waals surface area contributed by atoms with Crippen molar-refractivity contribution in [1.29, 1.82) is 0 Å². The van der Waals surface area contributed by atoms with Crippen LogP contribution in [0.5, 0.6) is 5.75 Å². The zero-order valence-corrected chi connectivity index (χ0v) is 11.8. The van der Waals surface area contributed by atoms with E-state index in [1.54, 1.807) is 6.07 Å². The minimum absolute atomic E-state index is 0.299. The number of phenols is 1. The van der Waals surface area contributed by atoms with Gasteiger partial charge in [0.25, 0.3) is 0 Å². The quantitative estimate of drug-likeness (QED) is 0.897. The molecule has 0 aliphatic carbocycles. The molecule has 0 spiro atoms. The molecule has 3 rings (SSSR count). The van der Waals surface area contributed by atoms with Crippen LogP contribution in [0.1, 0.15) is 19.8 Å². The molecule has 1 atom stereocenters. The summed E-state index contributed by atoms with van der Waals surface area (Å²) in [5.74, 6) is 1.29. The van der Waals surface area contributed by atoms with Crippen LogP contribution in [0.15, 0.2) is 30.5 Å². The molecule has 1 aliphatic rings. The molecule has 4 heteroatoms. The summed E-state index contributed by atoms with van der Waals surface area (Å²) in [6.45, 7) is 5.27. The van der Waals surface area contributed by atoms with Crippen molar-refractivity contribution in [2.45, 2.75) is 25.8 Å². The summed E-state index contributed by atoms with van der Waals surface area (Å²) in [7, 11) is 0. The third-order valence-corrected chi connectivity index (χ3v) is 3.94. The highest BCUT2D eigenvalue weighted by Gasteiger charge is 2.24. The predicted molar refractivity (Wildman–Crippen MR) is 82.3 cm³/mol. The standard InChI is InChI=1S/C16H21N3O/c1-2-9-19(13-6-7-17-11-13)16-15-10-14(20)4-3-12(15)5-8-18-16/h3-5,8,10,13,17,20H,2,6-7,9,11H2,1H3. The van der Waals surface area contributed by atoms with Crippen LogP contribution in [-0.4, -0.2) is 35.8 Å². The van der Waals surface area contributed by atoms with Crippen LogP contribution in [0, 0.1) is 0 Å². The molecule has 1 aliphatic heterocycles. The Bertz CT molecular complexity index is 593. The lowest BCUT2D eigenvalue weighted by atomic mass is 10.1. The van der Waals surface area contributed by atoms with Crippen LogP contribution in [0.3, 0.4) is 0 Å². The number of pyridine rings is 1. The van der Waals surface area contributed by atoms with E-state index in [0.29, 0.717) is 11.8 Å². The molecule has 2 aromatic rings. The van der Waals surface area contributed by atoms with Crippen LogP contribution >= 0.6 is 0 Å². The minimum atomic E-state index is 0.299. The van der Waals surface area contributed by atoms with E-state index in [9.17, 15) is 5.11 Å². The molecule has 106 valence electrons. The fourth-order valence-electron chi connectivity index (χ4n) is 2.98. The Labute approximate surface area is 119 Å². The van der Waals surface area contributed by atoms with Crippen molar-refractivity contribution in [2.24, 2.45) is 0 Å². The Kier molecular flexibility index (Phi) is 3.74. The fraction of sp³-hybridized carbons (Fsp3) is 0.438. The zero-order chi connectivity index (χ0) is 13.9. The highest BCUT2D eigenvalue weighted by molar-refractivity contribution is 5.93. The van der Waals surface area contributed by atoms with Gasteiger partial charge in [0.1, 0.15) is 11.6 Å². The van der Waals surface area contributed by atoms with Crippen LogP contribution in [0.4, 0.5) is 5.82 Å². The first-order valence-corrected chi connectivity index (χ1v) is 7.34. The maximum Gasteiger partial charge on any atom is 0.136 e. The molecule has 0 saturated carbocycles. The van der Waals surface area contributed by atoms with Gasteiger partial charge in [0.05, 0.1) is 0 Å². The van der Waals surface area contributed by atoms with Crippen molar-refractivity contribution in [1.82, 2.24) is 10.3 Å². The number of rotatable bonds is 4. The molecule has 4 nitrogen and oxygen atoms in total. The summed E-state index contributed by atoms with van der Waals surface area (Å²) in [5.41, 5.74) is 0. The van der Waals surface area contributed by atoms with E-state index >= 15 is 0 Å². The van der Waals surface area contributed by atoms with Gasteiger partial charge in [-0.25, -0.2) is 4.98 Å². The number of aromatic nitrogens is 1. The maximum atomic E-state index is 9.77. The van der Waals surface area contributed by atoms with Crippen LogP contribution < -0.4 is 10.2 Å². The van der Waals surface area contributed by atoms with Crippen molar-refractivity contribution in [3.8, 4) is 5.75 Å². The van der Waals surface area contributed by atoms with E-state index in [-0.39, 0.29) is 0 Å². The van der Waals surface area contributed by atoms with Crippen molar-refractivity contribution >= 4 is 16.6 Å². The number of nitrogens with zero attached hydrogens (tertiary/aromatic N) is 2. The van der Waals surface area contributed by atoms with E-state index < -0.39 is 0 Å². The van der Waals surface area contributed by atoms with E-state index in [2.05, 4.69) is 22.1 Å². The van der Waals surface area contributed by atoms with E-state index in [1.165, 1.54) is 0 Å². The molecule has 1 aromatic heterocycles. The first-order chi connectivity index (χ1) is 9.79. The van der Waals surface area contributed by atoms with Crippen molar-refractivity contribution < 1.29 is 5.11 Å². The summed E-state index contributed by atoms with van der Waals surface area (Å²) in [6, 6.07) is 7.99. The lowest BCUT2D eigenvalue weighted by molar-refractivity contribution is 0.476. The lowest BCUT2D eigenvalue weighted by Crippen LogP contribution is -2.38. The molecule has 1 fully saturated rings. The first kappa shape index (κ1) is 13.2. The third kappa shape index (κ3) is 2.43. The van der Waals surface area contributed by atoms with E-state index in [0.717, 1.165) is 49.1 Å². The van der Waals surface area contributed by atoms with Gasteiger partial charge in [-0.05, 0) is 43.0 Å². The average molecular weight is 271 g/mol. The number of hydrogen-bond acceptors (Lipinski definition) is 4. The second-order valence-electron chi connectivity index (χ2n) is 5.38. The average Bonchev–Trinajstić information content (AvgIpc) is 2.98. The van der Waals surface area contributed by atoms with Gasteiger partial charge in [-0.2, -0.15) is 0 Å². The highest BCUT2D eigenvalue weighted by Crippen LogP contribution is 2.29. The third-order valence-electron chi connectivity index (χ3n) is 3.94. The Morgan fingerprint density at radius 1 is 1.40 bits per heavy atom. The van der Waals surface area contributed by atoms with Crippen molar-refractivity contribution in [3.63, 3.8) is 0 Å². The fourth-order valence-corrected chi connectivity index (χ4v) is 2.98. The smallest absolute Gasteiger partial charge is 0.136 e. The number of nitrogens with one attached hydrogen (secondary N) is 1. The number of hydrogen-bond donors (Lipinski definition) is 2. The number of anilines is 1. The van der Waals surface area contributed by atoms with Crippen LogP contribution in [0.2, 0.25) is 0 Å². The number of aromatic hydroxyl groups is 1. The summed E-state index contributed by atoms with van der Waals surface area (Å²) in [5, 5.41) is 15.4. The molecule has 0 amide bonds. The molecule has 1 aromatic carbocycles. The second kappa shape index (κ2) is 5.67. The predicted octanol–water partition coefficient (Wildman–Crippen LogP) is 2.52. The van der Waals surface area contributed by atoms with Crippen molar-refractivity contribution in [2.75, 3.05) is 24.5 Å². The van der Waals surface area contributed by atoms with Gasteiger partial charge in [-0.15, -0.1) is 0 Å². The Morgan fingerprint density at radius 2 is 2.30 bits per heavy atom. The second-order valence-corrected chi connectivity index (χ2v) is 5.38. The van der Waals surface area contributed by atoms with Gasteiger partial charge in [0.2, 0.25) is 0 Å². The monoisotopic (exact) mass is 271 g/mol. The van der Waals surface area contributed by atoms with Gasteiger partial charge >= 0.3 is 0 Å². The minimum Gasteiger partial charge on any atom is -0.508 e. The van der Waals surface area contributed by atoms with Crippen molar-refractivity contribution in [3.05, 3.63) is 30.5 Å². The molecule has 2 heterocycles. The molecular formula is C16H21N3O. The molecule has 20 heavy (non-hydrogen) atoms. The number of phenolic OH excluding ortho intramolecular Hbond substituents is 1. The maximum absolute atomic E-state index is 9.77. The van der Waals surface area contributed by atoms with E-state index in [1.807, 2.05) is 24.4 Å². The molecule has 2 N–H and O–H groups in total. The molecule has 0 bridgehead atoms. The van der Waals surface area contributed by atoms with Crippen LogP contribution in [0.25, 0.3) is 10.8 Å². The van der Waals surface area contributed by atoms with Gasteiger partial charge in [-0.3, -0.25) is 0 Å². The molecule has 1 unspecified atom stereocenters. The van der Waals surface area contributed by atoms with Gasteiger partial charge in [0.15, 0.2) is 0 Å².